The molecule has 0 amide bonds. The minimum absolute atomic E-state index is 0.269. The second kappa shape index (κ2) is 4.72. The third-order valence-corrected chi connectivity index (χ3v) is 2.88. The van der Waals surface area contributed by atoms with Crippen molar-refractivity contribution < 1.29 is 9.13 Å². The zero-order chi connectivity index (χ0) is 13.2. The van der Waals surface area contributed by atoms with E-state index < -0.39 is 0 Å². The SMILES string of the molecule is CCOc1ccc(-c2nc3ccc(F)cc3[nH]2)cc1. The van der Waals surface area contributed by atoms with Crippen LogP contribution in [0.5, 0.6) is 5.75 Å². The van der Waals surface area contributed by atoms with Crippen LogP contribution in [0.1, 0.15) is 6.92 Å². The average Bonchev–Trinajstić information content (AvgIpc) is 2.83. The molecule has 0 spiro atoms. The van der Waals surface area contributed by atoms with Crippen molar-refractivity contribution in [2.45, 2.75) is 6.92 Å². The van der Waals surface area contributed by atoms with E-state index in [-0.39, 0.29) is 5.82 Å². The van der Waals surface area contributed by atoms with Crippen LogP contribution in [0.3, 0.4) is 0 Å². The number of H-pyrrole nitrogens is 1. The summed E-state index contributed by atoms with van der Waals surface area (Å²) in [5.41, 5.74) is 2.40. The van der Waals surface area contributed by atoms with Gasteiger partial charge in [0.2, 0.25) is 0 Å². The van der Waals surface area contributed by atoms with Crippen LogP contribution in [0.25, 0.3) is 22.4 Å². The third-order valence-electron chi connectivity index (χ3n) is 2.88. The number of halogens is 1. The molecule has 3 nitrogen and oxygen atoms in total. The van der Waals surface area contributed by atoms with E-state index in [4.69, 9.17) is 4.74 Å². The summed E-state index contributed by atoms with van der Waals surface area (Å²) >= 11 is 0. The maximum absolute atomic E-state index is 13.1. The first kappa shape index (κ1) is 11.7. The van der Waals surface area contributed by atoms with Crippen LogP contribution in [0.15, 0.2) is 42.5 Å². The fourth-order valence-corrected chi connectivity index (χ4v) is 1.99. The summed E-state index contributed by atoms with van der Waals surface area (Å²) in [7, 11) is 0. The number of benzene rings is 2. The van der Waals surface area contributed by atoms with Crippen molar-refractivity contribution in [3.05, 3.63) is 48.3 Å². The standard InChI is InChI=1S/C15H13FN2O/c1-2-19-12-6-3-10(4-7-12)15-17-13-8-5-11(16)9-14(13)18-15/h3-9H,2H2,1H3,(H,17,18). The number of ether oxygens (including phenoxy) is 1. The summed E-state index contributed by atoms with van der Waals surface area (Å²) in [4.78, 5) is 7.55. The minimum atomic E-state index is -0.269. The number of nitrogens with zero attached hydrogens (tertiary/aromatic N) is 1. The Morgan fingerprint density at radius 3 is 2.68 bits per heavy atom. The second-order valence-electron chi connectivity index (χ2n) is 4.20. The Morgan fingerprint density at radius 2 is 1.95 bits per heavy atom. The van der Waals surface area contributed by atoms with Gasteiger partial charge in [0.25, 0.3) is 0 Å². The quantitative estimate of drug-likeness (QED) is 0.774. The van der Waals surface area contributed by atoms with Crippen LogP contribution in [0.2, 0.25) is 0 Å². The first-order valence-corrected chi connectivity index (χ1v) is 6.15. The van der Waals surface area contributed by atoms with Crippen LogP contribution in [-0.2, 0) is 0 Å². The Labute approximate surface area is 110 Å². The first-order chi connectivity index (χ1) is 9.26. The average molecular weight is 256 g/mol. The minimum Gasteiger partial charge on any atom is -0.494 e. The van der Waals surface area contributed by atoms with Gasteiger partial charge in [0.15, 0.2) is 0 Å². The molecule has 0 aliphatic heterocycles. The fourth-order valence-electron chi connectivity index (χ4n) is 1.99. The van der Waals surface area contributed by atoms with Crippen LogP contribution >= 0.6 is 0 Å². The molecule has 0 fully saturated rings. The van der Waals surface area contributed by atoms with Crippen molar-refractivity contribution in [3.8, 4) is 17.1 Å². The van der Waals surface area contributed by atoms with Gasteiger partial charge in [0.05, 0.1) is 17.6 Å². The summed E-state index contributed by atoms with van der Waals surface area (Å²) in [6, 6.07) is 12.2. The molecule has 1 heterocycles. The monoisotopic (exact) mass is 256 g/mol. The van der Waals surface area contributed by atoms with Gasteiger partial charge in [0, 0.05) is 5.56 Å². The van der Waals surface area contributed by atoms with Crippen LogP contribution in [0.4, 0.5) is 4.39 Å². The number of hydrogen-bond donors (Lipinski definition) is 1. The maximum Gasteiger partial charge on any atom is 0.138 e. The first-order valence-electron chi connectivity index (χ1n) is 6.15. The Balaban J connectivity index is 1.99. The van der Waals surface area contributed by atoms with E-state index in [9.17, 15) is 4.39 Å². The van der Waals surface area contributed by atoms with Gasteiger partial charge in [-0.2, -0.15) is 0 Å². The Kier molecular flexibility index (Phi) is 2.91. The molecule has 0 saturated heterocycles. The molecule has 2 aromatic carbocycles. The van der Waals surface area contributed by atoms with Gasteiger partial charge in [0.1, 0.15) is 17.4 Å². The van der Waals surface area contributed by atoms with Crippen LogP contribution in [0, 0.1) is 5.82 Å². The van der Waals surface area contributed by atoms with Gasteiger partial charge < -0.3 is 9.72 Å². The molecule has 19 heavy (non-hydrogen) atoms. The molecule has 0 bridgehead atoms. The van der Waals surface area contributed by atoms with E-state index in [2.05, 4.69) is 9.97 Å². The Morgan fingerprint density at radius 1 is 1.16 bits per heavy atom. The summed E-state index contributed by atoms with van der Waals surface area (Å²) < 4.78 is 18.5. The highest BCUT2D eigenvalue weighted by Crippen LogP contribution is 2.23. The lowest BCUT2D eigenvalue weighted by Gasteiger charge is -2.02. The van der Waals surface area contributed by atoms with Crippen LogP contribution < -0.4 is 4.74 Å². The van der Waals surface area contributed by atoms with E-state index in [0.29, 0.717) is 12.1 Å². The molecule has 0 aliphatic rings. The van der Waals surface area contributed by atoms with Crippen molar-refractivity contribution in [1.82, 2.24) is 9.97 Å². The lowest BCUT2D eigenvalue weighted by Crippen LogP contribution is -1.90. The Bertz CT molecular complexity index is 704. The molecule has 0 radical (unpaired) electrons. The highest BCUT2D eigenvalue weighted by molar-refractivity contribution is 5.79. The summed E-state index contributed by atoms with van der Waals surface area (Å²) in [5, 5.41) is 0. The maximum atomic E-state index is 13.1. The molecular weight excluding hydrogens is 243 g/mol. The highest BCUT2D eigenvalue weighted by Gasteiger charge is 2.06. The van der Waals surface area contributed by atoms with Crippen molar-refractivity contribution in [3.63, 3.8) is 0 Å². The van der Waals surface area contributed by atoms with E-state index in [1.54, 1.807) is 6.07 Å². The number of rotatable bonds is 3. The van der Waals surface area contributed by atoms with Crippen molar-refractivity contribution in [2.24, 2.45) is 0 Å². The second-order valence-corrected chi connectivity index (χ2v) is 4.20. The molecule has 1 aromatic heterocycles. The zero-order valence-electron chi connectivity index (χ0n) is 10.5. The van der Waals surface area contributed by atoms with Gasteiger partial charge in [-0.05, 0) is 49.4 Å². The predicted octanol–water partition coefficient (Wildman–Crippen LogP) is 3.77. The number of fused-ring (bicyclic) bond motifs is 1. The number of nitrogens with one attached hydrogen (secondary N) is 1. The van der Waals surface area contributed by atoms with Gasteiger partial charge >= 0.3 is 0 Å². The predicted molar refractivity (Wildman–Crippen MR) is 72.7 cm³/mol. The van der Waals surface area contributed by atoms with Gasteiger partial charge in [-0.15, -0.1) is 0 Å². The molecule has 0 unspecified atom stereocenters. The molecule has 3 rings (SSSR count). The topological polar surface area (TPSA) is 37.9 Å². The molecule has 1 N–H and O–H groups in total. The van der Waals surface area contributed by atoms with Gasteiger partial charge in [-0.3, -0.25) is 0 Å². The highest BCUT2D eigenvalue weighted by atomic mass is 19.1. The van der Waals surface area contributed by atoms with Crippen LogP contribution in [-0.4, -0.2) is 16.6 Å². The van der Waals surface area contributed by atoms with E-state index in [1.807, 2.05) is 31.2 Å². The number of aromatic nitrogens is 2. The smallest absolute Gasteiger partial charge is 0.138 e. The Hall–Kier alpha value is -2.36. The third kappa shape index (κ3) is 2.29. The molecule has 0 atom stereocenters. The normalized spacial score (nSPS) is 10.8. The largest absolute Gasteiger partial charge is 0.494 e. The lowest BCUT2D eigenvalue weighted by molar-refractivity contribution is 0.340. The number of aromatic amines is 1. The molecule has 0 aliphatic carbocycles. The summed E-state index contributed by atoms with van der Waals surface area (Å²) in [6.45, 7) is 2.59. The van der Waals surface area contributed by atoms with E-state index in [0.717, 1.165) is 22.7 Å². The number of imidazole rings is 1. The van der Waals surface area contributed by atoms with Crippen molar-refractivity contribution in [1.29, 1.82) is 0 Å². The summed E-state index contributed by atoms with van der Waals surface area (Å²) in [5.74, 6) is 1.28. The van der Waals surface area contributed by atoms with Crippen molar-refractivity contribution >= 4 is 11.0 Å². The van der Waals surface area contributed by atoms with Crippen molar-refractivity contribution in [2.75, 3.05) is 6.61 Å². The molecule has 4 heteroatoms. The molecular formula is C15H13FN2O. The molecule has 0 saturated carbocycles. The number of hydrogen-bond acceptors (Lipinski definition) is 2. The lowest BCUT2D eigenvalue weighted by atomic mass is 10.2. The molecule has 96 valence electrons. The fraction of sp³-hybridized carbons (Fsp3) is 0.133. The van der Waals surface area contributed by atoms with E-state index in [1.165, 1.54) is 12.1 Å². The van der Waals surface area contributed by atoms with Gasteiger partial charge in [-0.1, -0.05) is 0 Å². The molecule has 3 aromatic rings. The summed E-state index contributed by atoms with van der Waals surface area (Å²) in [6.07, 6.45) is 0. The van der Waals surface area contributed by atoms with E-state index >= 15 is 0 Å². The zero-order valence-corrected chi connectivity index (χ0v) is 10.5. The van der Waals surface area contributed by atoms with Gasteiger partial charge in [-0.25, -0.2) is 9.37 Å².